The van der Waals surface area contributed by atoms with Gasteiger partial charge in [0.1, 0.15) is 5.82 Å². The number of hydrogen-bond acceptors (Lipinski definition) is 5. The molecule has 7 nitrogen and oxygen atoms in total. The molecule has 0 spiro atoms. The van der Waals surface area contributed by atoms with Gasteiger partial charge in [-0.05, 0) is 32.3 Å². The first-order chi connectivity index (χ1) is 12.2. The minimum absolute atomic E-state index is 0.0645. The fourth-order valence-corrected chi connectivity index (χ4v) is 3.13. The number of ether oxygens (including phenoxy) is 1. The smallest absolute Gasteiger partial charge is 0.409 e. The van der Waals surface area contributed by atoms with Gasteiger partial charge in [-0.25, -0.2) is 9.78 Å². The minimum Gasteiger partial charge on any atom is -0.450 e. The number of carbonyl (C=O) groups is 1. The van der Waals surface area contributed by atoms with Crippen molar-refractivity contribution in [3.63, 3.8) is 0 Å². The van der Waals surface area contributed by atoms with Crippen molar-refractivity contribution in [3.8, 4) is 0 Å². The Bertz CT molecular complexity index is 680. The Labute approximate surface area is 147 Å². The highest BCUT2D eigenvalue weighted by Gasteiger charge is 2.27. The molecule has 2 heterocycles. The number of likely N-dealkylation sites (tertiary alicyclic amines) is 1. The number of aromatic amines is 1. The van der Waals surface area contributed by atoms with E-state index in [1.165, 1.54) is 0 Å². The SMILES string of the molecule is CCOC(=O)N1CCC(N[C@@H](c2ccccc2)c2n[nH]c(C)n2)CC1. The molecule has 0 aliphatic carbocycles. The van der Waals surface area contributed by atoms with Gasteiger partial charge < -0.3 is 15.0 Å². The lowest BCUT2D eigenvalue weighted by Gasteiger charge is -2.33. The first kappa shape index (κ1) is 17.4. The van der Waals surface area contributed by atoms with E-state index in [9.17, 15) is 4.79 Å². The van der Waals surface area contributed by atoms with Gasteiger partial charge in [0.05, 0.1) is 12.6 Å². The average molecular weight is 343 g/mol. The predicted octanol–water partition coefficient (Wildman–Crippen LogP) is 2.41. The molecule has 0 unspecified atom stereocenters. The highest BCUT2D eigenvalue weighted by atomic mass is 16.6. The summed E-state index contributed by atoms with van der Waals surface area (Å²) in [6.07, 6.45) is 1.54. The molecular weight excluding hydrogens is 318 g/mol. The fraction of sp³-hybridized carbons (Fsp3) is 0.500. The number of nitrogens with one attached hydrogen (secondary N) is 2. The van der Waals surface area contributed by atoms with Gasteiger partial charge in [0.25, 0.3) is 0 Å². The van der Waals surface area contributed by atoms with Crippen LogP contribution in [0.5, 0.6) is 0 Å². The predicted molar refractivity (Wildman–Crippen MR) is 94.2 cm³/mol. The highest BCUT2D eigenvalue weighted by molar-refractivity contribution is 5.67. The molecule has 3 rings (SSSR count). The maximum Gasteiger partial charge on any atom is 0.409 e. The quantitative estimate of drug-likeness (QED) is 0.871. The van der Waals surface area contributed by atoms with E-state index in [2.05, 4.69) is 32.6 Å². The number of benzene rings is 1. The molecule has 134 valence electrons. The Kier molecular flexibility index (Phi) is 5.65. The molecule has 0 bridgehead atoms. The largest absolute Gasteiger partial charge is 0.450 e. The van der Waals surface area contributed by atoms with E-state index in [1.807, 2.05) is 32.0 Å². The molecular formula is C18H25N5O2. The van der Waals surface area contributed by atoms with Crippen molar-refractivity contribution in [2.75, 3.05) is 19.7 Å². The Balaban J connectivity index is 1.67. The maximum atomic E-state index is 11.8. The Morgan fingerprint density at radius 2 is 2.08 bits per heavy atom. The van der Waals surface area contributed by atoms with Crippen LogP contribution in [-0.2, 0) is 4.74 Å². The van der Waals surface area contributed by atoms with E-state index < -0.39 is 0 Å². The topological polar surface area (TPSA) is 83.1 Å². The lowest BCUT2D eigenvalue weighted by atomic mass is 10.0. The van der Waals surface area contributed by atoms with E-state index in [-0.39, 0.29) is 12.1 Å². The summed E-state index contributed by atoms with van der Waals surface area (Å²) < 4.78 is 5.08. The summed E-state index contributed by atoms with van der Waals surface area (Å²) in [5, 5.41) is 10.9. The van der Waals surface area contributed by atoms with Crippen LogP contribution in [0.2, 0.25) is 0 Å². The molecule has 7 heteroatoms. The van der Waals surface area contributed by atoms with Crippen molar-refractivity contribution in [1.82, 2.24) is 25.4 Å². The van der Waals surface area contributed by atoms with Gasteiger partial charge in [-0.1, -0.05) is 30.3 Å². The molecule has 25 heavy (non-hydrogen) atoms. The highest BCUT2D eigenvalue weighted by Crippen LogP contribution is 2.22. The molecule has 2 aromatic rings. The summed E-state index contributed by atoms with van der Waals surface area (Å²) in [5.74, 6) is 1.55. The van der Waals surface area contributed by atoms with Crippen molar-refractivity contribution in [1.29, 1.82) is 0 Å². The number of carbonyl (C=O) groups excluding carboxylic acids is 1. The van der Waals surface area contributed by atoms with Crippen LogP contribution in [0, 0.1) is 6.92 Å². The van der Waals surface area contributed by atoms with Crippen LogP contribution in [0.3, 0.4) is 0 Å². The first-order valence-corrected chi connectivity index (χ1v) is 8.79. The zero-order valence-electron chi connectivity index (χ0n) is 14.7. The van der Waals surface area contributed by atoms with Gasteiger partial charge in [-0.2, -0.15) is 5.10 Å². The molecule has 1 aromatic carbocycles. The van der Waals surface area contributed by atoms with Crippen molar-refractivity contribution < 1.29 is 9.53 Å². The van der Waals surface area contributed by atoms with Gasteiger partial charge in [-0.15, -0.1) is 0 Å². The summed E-state index contributed by atoms with van der Waals surface area (Å²) in [6.45, 7) is 5.54. The number of rotatable bonds is 5. The van der Waals surface area contributed by atoms with Crippen LogP contribution in [-0.4, -0.2) is 51.9 Å². The molecule has 2 N–H and O–H groups in total. The molecule has 0 saturated carbocycles. The van der Waals surface area contributed by atoms with E-state index in [4.69, 9.17) is 4.74 Å². The van der Waals surface area contributed by atoms with Crippen LogP contribution in [0.4, 0.5) is 4.79 Å². The second-order valence-electron chi connectivity index (χ2n) is 6.25. The monoisotopic (exact) mass is 343 g/mol. The second-order valence-corrected chi connectivity index (χ2v) is 6.25. The number of piperidine rings is 1. The van der Waals surface area contributed by atoms with Crippen LogP contribution < -0.4 is 5.32 Å². The Hall–Kier alpha value is -2.41. The van der Waals surface area contributed by atoms with E-state index in [0.29, 0.717) is 25.7 Å². The average Bonchev–Trinajstić information content (AvgIpc) is 3.07. The zero-order valence-corrected chi connectivity index (χ0v) is 14.7. The van der Waals surface area contributed by atoms with Crippen LogP contribution in [0.15, 0.2) is 30.3 Å². The maximum absolute atomic E-state index is 11.8. The molecule has 1 aliphatic rings. The lowest BCUT2D eigenvalue weighted by molar-refractivity contribution is 0.0944. The Morgan fingerprint density at radius 3 is 2.68 bits per heavy atom. The van der Waals surface area contributed by atoms with Crippen LogP contribution in [0.25, 0.3) is 0 Å². The molecule has 1 aromatic heterocycles. The van der Waals surface area contributed by atoms with E-state index >= 15 is 0 Å². The van der Waals surface area contributed by atoms with Crippen molar-refractivity contribution in [3.05, 3.63) is 47.5 Å². The zero-order chi connectivity index (χ0) is 17.6. The summed E-state index contributed by atoms with van der Waals surface area (Å²) in [4.78, 5) is 18.1. The molecule has 1 fully saturated rings. The lowest BCUT2D eigenvalue weighted by Crippen LogP contribution is -2.46. The molecule has 1 amide bonds. The number of hydrogen-bond donors (Lipinski definition) is 2. The Morgan fingerprint density at radius 1 is 1.36 bits per heavy atom. The van der Waals surface area contributed by atoms with Crippen LogP contribution >= 0.6 is 0 Å². The summed E-state index contributed by atoms with van der Waals surface area (Å²) in [5.41, 5.74) is 1.13. The first-order valence-electron chi connectivity index (χ1n) is 8.79. The third-order valence-electron chi connectivity index (χ3n) is 4.43. The van der Waals surface area contributed by atoms with Crippen molar-refractivity contribution >= 4 is 6.09 Å². The third-order valence-corrected chi connectivity index (χ3v) is 4.43. The molecule has 1 saturated heterocycles. The van der Waals surface area contributed by atoms with Gasteiger partial charge in [0.2, 0.25) is 0 Å². The minimum atomic E-state index is -0.217. The normalized spacial score (nSPS) is 16.6. The fourth-order valence-electron chi connectivity index (χ4n) is 3.13. The van der Waals surface area contributed by atoms with Crippen LogP contribution in [0.1, 0.15) is 43.0 Å². The van der Waals surface area contributed by atoms with Gasteiger partial charge in [0.15, 0.2) is 5.82 Å². The summed E-state index contributed by atoms with van der Waals surface area (Å²) in [7, 11) is 0. The van der Waals surface area contributed by atoms with Gasteiger partial charge in [-0.3, -0.25) is 5.10 Å². The summed E-state index contributed by atoms with van der Waals surface area (Å²) in [6, 6.07) is 10.4. The third kappa shape index (κ3) is 4.36. The number of aryl methyl sites for hydroxylation is 1. The van der Waals surface area contributed by atoms with Crippen molar-refractivity contribution in [2.45, 2.75) is 38.8 Å². The molecule has 1 aliphatic heterocycles. The number of nitrogens with zero attached hydrogens (tertiary/aromatic N) is 3. The van der Waals surface area contributed by atoms with Crippen molar-refractivity contribution in [2.24, 2.45) is 0 Å². The molecule has 0 radical (unpaired) electrons. The number of amides is 1. The second kappa shape index (κ2) is 8.11. The van der Waals surface area contributed by atoms with Gasteiger partial charge >= 0.3 is 6.09 Å². The molecule has 1 atom stereocenters. The number of H-pyrrole nitrogens is 1. The standard InChI is InChI=1S/C18H25N5O2/c1-3-25-18(24)23-11-9-15(10-12-23)20-16(14-7-5-4-6-8-14)17-19-13(2)21-22-17/h4-8,15-16,20H,3,9-12H2,1-2H3,(H,19,21,22)/t16-/m0/s1. The summed E-state index contributed by atoms with van der Waals surface area (Å²) >= 11 is 0. The van der Waals surface area contributed by atoms with E-state index in [1.54, 1.807) is 4.90 Å². The van der Waals surface area contributed by atoms with E-state index in [0.717, 1.165) is 30.1 Å². The van der Waals surface area contributed by atoms with Gasteiger partial charge in [0, 0.05) is 19.1 Å². The number of aromatic nitrogens is 3.